The van der Waals surface area contributed by atoms with E-state index in [0.29, 0.717) is 0 Å². The molecule has 0 aliphatic rings. The molecule has 0 unspecified atom stereocenters. The second-order valence-corrected chi connectivity index (χ2v) is 7.86. The number of pyridine rings is 1. The van der Waals surface area contributed by atoms with Crippen molar-refractivity contribution < 1.29 is 0 Å². The number of nitrogens with one attached hydrogen (secondary N) is 1. The fourth-order valence-electron chi connectivity index (χ4n) is 2.76. The Labute approximate surface area is 149 Å². The predicted octanol–water partition coefficient (Wildman–Crippen LogP) is 5.60. The Bertz CT molecular complexity index is 986. The van der Waals surface area contributed by atoms with E-state index >= 15 is 0 Å². The lowest BCUT2D eigenvalue weighted by molar-refractivity contribution is 1.19. The van der Waals surface area contributed by atoms with Crippen LogP contribution in [0.5, 0.6) is 0 Å². The van der Waals surface area contributed by atoms with Crippen LogP contribution in [0, 0.1) is 13.8 Å². The molecule has 3 nitrogen and oxygen atoms in total. The molecule has 0 aliphatic carbocycles. The van der Waals surface area contributed by atoms with E-state index in [0.717, 1.165) is 16.3 Å². The number of hydrogen-bond acceptors (Lipinski definition) is 4. The first-order valence-corrected chi connectivity index (χ1v) is 9.59. The average Bonchev–Trinajstić information content (AvgIpc) is 3.13. The van der Waals surface area contributed by atoms with Crippen LogP contribution in [0.1, 0.15) is 16.3 Å². The average molecular weight is 352 g/mol. The van der Waals surface area contributed by atoms with E-state index < -0.39 is 0 Å². The number of thioether (sulfide) groups is 1. The summed E-state index contributed by atoms with van der Waals surface area (Å²) in [6.45, 7) is 4.29. The Morgan fingerprint density at radius 1 is 1.08 bits per heavy atom. The van der Waals surface area contributed by atoms with Crippen LogP contribution in [0.4, 0.5) is 0 Å². The minimum absolute atomic E-state index is 0.885. The first kappa shape index (κ1) is 15.4. The van der Waals surface area contributed by atoms with Gasteiger partial charge in [-0.3, -0.25) is 4.98 Å². The molecule has 0 atom stereocenters. The smallest absolute Gasteiger partial charge is 0.124 e. The molecule has 1 aromatic carbocycles. The van der Waals surface area contributed by atoms with Crippen molar-refractivity contribution in [3.8, 4) is 10.6 Å². The molecule has 3 heterocycles. The van der Waals surface area contributed by atoms with Crippen molar-refractivity contribution in [2.24, 2.45) is 0 Å². The van der Waals surface area contributed by atoms with Gasteiger partial charge in [0.25, 0.3) is 0 Å². The molecule has 3 aromatic heterocycles. The Kier molecular flexibility index (Phi) is 4.12. The van der Waals surface area contributed by atoms with E-state index in [-0.39, 0.29) is 0 Å². The summed E-state index contributed by atoms with van der Waals surface area (Å²) in [5.41, 5.74) is 4.73. The number of fused-ring (bicyclic) bond motifs is 1. The SMILES string of the molecule is Cc1[nH]c2ccccc2c1SCc1nc(-c2ccncc2)sc1C. The second-order valence-electron chi connectivity index (χ2n) is 5.67. The molecule has 5 heteroatoms. The van der Waals surface area contributed by atoms with Gasteiger partial charge in [0.15, 0.2) is 0 Å². The first-order valence-electron chi connectivity index (χ1n) is 7.79. The molecule has 120 valence electrons. The lowest BCUT2D eigenvalue weighted by Gasteiger charge is -2.01. The van der Waals surface area contributed by atoms with Crippen LogP contribution < -0.4 is 0 Å². The molecule has 24 heavy (non-hydrogen) atoms. The number of aromatic nitrogens is 3. The lowest BCUT2D eigenvalue weighted by atomic mass is 10.2. The van der Waals surface area contributed by atoms with E-state index in [1.54, 1.807) is 11.3 Å². The normalized spacial score (nSPS) is 11.2. The summed E-state index contributed by atoms with van der Waals surface area (Å²) in [4.78, 5) is 15.0. The zero-order valence-corrected chi connectivity index (χ0v) is 15.2. The highest BCUT2D eigenvalue weighted by atomic mass is 32.2. The van der Waals surface area contributed by atoms with Crippen molar-refractivity contribution >= 4 is 34.0 Å². The van der Waals surface area contributed by atoms with Crippen molar-refractivity contribution in [3.05, 3.63) is 65.1 Å². The van der Waals surface area contributed by atoms with E-state index in [9.17, 15) is 0 Å². The Morgan fingerprint density at radius 2 is 1.88 bits per heavy atom. The van der Waals surface area contributed by atoms with Crippen molar-refractivity contribution in [2.45, 2.75) is 24.5 Å². The Balaban J connectivity index is 1.60. The van der Waals surface area contributed by atoms with Crippen molar-refractivity contribution in [1.82, 2.24) is 15.0 Å². The number of hydrogen-bond donors (Lipinski definition) is 1. The maximum atomic E-state index is 4.85. The topological polar surface area (TPSA) is 41.6 Å². The van der Waals surface area contributed by atoms with Gasteiger partial charge in [0, 0.05) is 50.1 Å². The predicted molar refractivity (Wildman–Crippen MR) is 103 cm³/mol. The van der Waals surface area contributed by atoms with Crippen LogP contribution in [-0.2, 0) is 5.75 Å². The summed E-state index contributed by atoms with van der Waals surface area (Å²) in [7, 11) is 0. The van der Waals surface area contributed by atoms with Crippen molar-refractivity contribution in [1.29, 1.82) is 0 Å². The van der Waals surface area contributed by atoms with Gasteiger partial charge < -0.3 is 4.98 Å². The van der Waals surface area contributed by atoms with Crippen LogP contribution in [0.25, 0.3) is 21.5 Å². The highest BCUT2D eigenvalue weighted by Gasteiger charge is 2.13. The first-order chi connectivity index (χ1) is 11.7. The molecule has 4 aromatic rings. The van der Waals surface area contributed by atoms with E-state index in [2.05, 4.69) is 48.1 Å². The summed E-state index contributed by atoms with van der Waals surface area (Å²) in [6.07, 6.45) is 3.63. The van der Waals surface area contributed by atoms with E-state index in [1.165, 1.54) is 32.1 Å². The summed E-state index contributed by atoms with van der Waals surface area (Å²) in [6, 6.07) is 12.5. The third-order valence-electron chi connectivity index (χ3n) is 4.01. The molecule has 0 amide bonds. The molecular weight excluding hydrogens is 334 g/mol. The quantitative estimate of drug-likeness (QED) is 0.487. The minimum Gasteiger partial charge on any atom is -0.358 e. The largest absolute Gasteiger partial charge is 0.358 e. The fraction of sp³-hybridized carbons (Fsp3) is 0.158. The minimum atomic E-state index is 0.885. The third kappa shape index (κ3) is 2.85. The number of benzene rings is 1. The van der Waals surface area contributed by atoms with Crippen LogP contribution in [0.15, 0.2) is 53.7 Å². The second kappa shape index (κ2) is 6.42. The lowest BCUT2D eigenvalue weighted by Crippen LogP contribution is -1.85. The number of aromatic amines is 1. The number of para-hydroxylation sites is 1. The molecule has 0 aliphatic heterocycles. The summed E-state index contributed by atoms with van der Waals surface area (Å²) in [5, 5.41) is 2.36. The fourth-order valence-corrected chi connectivity index (χ4v) is 4.95. The van der Waals surface area contributed by atoms with Gasteiger partial charge in [-0.15, -0.1) is 23.1 Å². The monoisotopic (exact) mass is 351 g/mol. The molecule has 0 fully saturated rings. The molecule has 0 saturated heterocycles. The standard InChI is InChI=1S/C19H17N3S2/c1-12-18(15-5-3-4-6-16(15)21-12)23-11-17-13(2)24-19(22-17)14-7-9-20-10-8-14/h3-10,21H,11H2,1-2H3. The highest BCUT2D eigenvalue weighted by Crippen LogP contribution is 2.35. The number of rotatable bonds is 4. The molecule has 1 N–H and O–H groups in total. The van der Waals surface area contributed by atoms with Gasteiger partial charge in [-0.25, -0.2) is 4.98 Å². The number of thiazole rings is 1. The Hall–Kier alpha value is -2.11. The van der Waals surface area contributed by atoms with Crippen LogP contribution >= 0.6 is 23.1 Å². The zero-order valence-electron chi connectivity index (χ0n) is 13.5. The van der Waals surface area contributed by atoms with E-state index in [1.807, 2.05) is 36.3 Å². The van der Waals surface area contributed by atoms with Crippen LogP contribution in [0.2, 0.25) is 0 Å². The van der Waals surface area contributed by atoms with Crippen molar-refractivity contribution in [2.75, 3.05) is 0 Å². The molecular formula is C19H17N3S2. The van der Waals surface area contributed by atoms with Gasteiger partial charge >= 0.3 is 0 Å². The summed E-state index contributed by atoms with van der Waals surface area (Å²) < 4.78 is 0. The molecule has 0 saturated carbocycles. The summed E-state index contributed by atoms with van der Waals surface area (Å²) in [5.74, 6) is 0.885. The molecule has 0 radical (unpaired) electrons. The van der Waals surface area contributed by atoms with Gasteiger partial charge in [-0.05, 0) is 32.0 Å². The van der Waals surface area contributed by atoms with Gasteiger partial charge in [0.2, 0.25) is 0 Å². The van der Waals surface area contributed by atoms with Gasteiger partial charge in [0.1, 0.15) is 5.01 Å². The zero-order chi connectivity index (χ0) is 16.5. The van der Waals surface area contributed by atoms with Gasteiger partial charge in [-0.2, -0.15) is 0 Å². The third-order valence-corrected chi connectivity index (χ3v) is 6.30. The maximum Gasteiger partial charge on any atom is 0.124 e. The molecule has 4 rings (SSSR count). The molecule has 0 bridgehead atoms. The van der Waals surface area contributed by atoms with E-state index in [4.69, 9.17) is 4.98 Å². The van der Waals surface area contributed by atoms with Gasteiger partial charge in [-0.1, -0.05) is 18.2 Å². The highest BCUT2D eigenvalue weighted by molar-refractivity contribution is 7.98. The number of aryl methyl sites for hydroxylation is 2. The molecule has 0 spiro atoms. The van der Waals surface area contributed by atoms with Crippen LogP contribution in [0.3, 0.4) is 0 Å². The summed E-state index contributed by atoms with van der Waals surface area (Å²) >= 11 is 3.61. The van der Waals surface area contributed by atoms with Crippen molar-refractivity contribution in [3.63, 3.8) is 0 Å². The number of H-pyrrole nitrogens is 1. The Morgan fingerprint density at radius 3 is 2.71 bits per heavy atom. The number of nitrogens with zero attached hydrogens (tertiary/aromatic N) is 2. The van der Waals surface area contributed by atoms with Gasteiger partial charge in [0.05, 0.1) is 5.69 Å². The maximum absolute atomic E-state index is 4.85. The van der Waals surface area contributed by atoms with Crippen LogP contribution in [-0.4, -0.2) is 15.0 Å².